The first-order valence-corrected chi connectivity index (χ1v) is 8.32. The van der Waals surface area contributed by atoms with Gasteiger partial charge in [-0.25, -0.2) is 8.42 Å². The molecule has 0 aliphatic rings. The van der Waals surface area contributed by atoms with E-state index in [4.69, 9.17) is 10.7 Å². The van der Waals surface area contributed by atoms with Gasteiger partial charge in [-0.3, -0.25) is 9.78 Å². The van der Waals surface area contributed by atoms with Crippen LogP contribution in [-0.2, 0) is 15.6 Å². The van der Waals surface area contributed by atoms with E-state index < -0.39 is 9.05 Å². The smallest absolute Gasteiger partial charge is 0.270 e. The van der Waals surface area contributed by atoms with Gasteiger partial charge in [0, 0.05) is 21.8 Å². The van der Waals surface area contributed by atoms with Crippen LogP contribution >= 0.6 is 22.0 Å². The molecule has 0 saturated heterocycles. The number of rotatable bonds is 4. The highest BCUT2D eigenvalue weighted by Crippen LogP contribution is 2.24. The Balaban J connectivity index is 2.00. The number of carbonyl (C=O) groups is 1. The summed E-state index contributed by atoms with van der Waals surface area (Å²) in [5, 5.41) is 2.65. The topological polar surface area (TPSA) is 76.1 Å². The van der Waals surface area contributed by atoms with Gasteiger partial charge in [0.15, 0.2) is 0 Å². The Morgan fingerprint density at radius 2 is 2.11 bits per heavy atom. The van der Waals surface area contributed by atoms with Crippen molar-refractivity contribution < 1.29 is 13.2 Å². The van der Waals surface area contributed by atoms with Gasteiger partial charge in [-0.2, -0.15) is 0 Å². The molecule has 19 heavy (non-hydrogen) atoms. The fourth-order valence-corrected chi connectivity index (χ4v) is 3.40. The molecule has 0 atom stereocenters. The monoisotopic (exact) mass is 316 g/mol. The van der Waals surface area contributed by atoms with E-state index in [0.717, 1.165) is 11.3 Å². The zero-order chi connectivity index (χ0) is 13.9. The number of nitrogens with zero attached hydrogens (tertiary/aromatic N) is 1. The fourth-order valence-electron chi connectivity index (χ4n) is 1.34. The number of nitrogens with one attached hydrogen (secondary N) is 1. The van der Waals surface area contributed by atoms with Crippen molar-refractivity contribution in [2.45, 2.75) is 10.8 Å². The van der Waals surface area contributed by atoms with E-state index in [9.17, 15) is 13.2 Å². The molecule has 8 heteroatoms. The van der Waals surface area contributed by atoms with Crippen molar-refractivity contribution in [1.29, 1.82) is 0 Å². The number of carbonyl (C=O) groups excluding carboxylic acids is 1. The molecule has 0 spiro atoms. The van der Waals surface area contributed by atoms with Crippen LogP contribution in [0.15, 0.2) is 40.7 Å². The van der Waals surface area contributed by atoms with Gasteiger partial charge in [-0.15, -0.1) is 11.3 Å². The first kappa shape index (κ1) is 14.0. The van der Waals surface area contributed by atoms with Crippen LogP contribution in [0.3, 0.4) is 0 Å². The van der Waals surface area contributed by atoms with Crippen LogP contribution in [0.4, 0.5) is 0 Å². The third kappa shape index (κ3) is 3.76. The second-order valence-electron chi connectivity index (χ2n) is 3.56. The van der Waals surface area contributed by atoms with Gasteiger partial charge < -0.3 is 5.32 Å². The Hall–Kier alpha value is -1.44. The maximum absolute atomic E-state index is 11.7. The van der Waals surface area contributed by atoms with Crippen molar-refractivity contribution in [2.24, 2.45) is 0 Å². The summed E-state index contributed by atoms with van der Waals surface area (Å²) in [7, 11) is 1.51. The van der Waals surface area contributed by atoms with Gasteiger partial charge in [0.05, 0.1) is 6.54 Å². The summed E-state index contributed by atoms with van der Waals surface area (Å²) < 4.78 is 22.2. The second-order valence-corrected chi connectivity index (χ2v) is 7.52. The van der Waals surface area contributed by atoms with Crippen LogP contribution in [0.1, 0.15) is 15.4 Å². The molecule has 1 amide bonds. The highest BCUT2D eigenvalue weighted by molar-refractivity contribution is 8.15. The molecule has 0 fully saturated rings. The fraction of sp³-hybridized carbons (Fsp3) is 0.0909. The van der Waals surface area contributed by atoms with Crippen molar-refractivity contribution in [2.75, 3.05) is 0 Å². The van der Waals surface area contributed by atoms with Crippen LogP contribution in [-0.4, -0.2) is 19.3 Å². The Bertz CT molecular complexity index is 683. The van der Waals surface area contributed by atoms with Gasteiger partial charge in [0.25, 0.3) is 15.0 Å². The van der Waals surface area contributed by atoms with E-state index in [1.54, 1.807) is 24.3 Å². The number of hydrogen-bond acceptors (Lipinski definition) is 5. The number of pyridine rings is 1. The van der Waals surface area contributed by atoms with Gasteiger partial charge in [-0.05, 0) is 24.3 Å². The molecule has 5 nitrogen and oxygen atoms in total. The normalized spacial score (nSPS) is 11.2. The van der Waals surface area contributed by atoms with Crippen molar-refractivity contribution in [3.63, 3.8) is 0 Å². The molecule has 1 N–H and O–H groups in total. The predicted molar refractivity (Wildman–Crippen MR) is 72.8 cm³/mol. The lowest BCUT2D eigenvalue weighted by molar-refractivity contribution is 0.0946. The number of hydrogen-bond donors (Lipinski definition) is 1. The Kier molecular flexibility index (Phi) is 4.18. The van der Waals surface area contributed by atoms with Crippen molar-refractivity contribution in [3.8, 4) is 0 Å². The zero-order valence-corrected chi connectivity index (χ0v) is 11.9. The maximum atomic E-state index is 11.7. The minimum Gasteiger partial charge on any atom is -0.346 e. The van der Waals surface area contributed by atoms with E-state index in [-0.39, 0.29) is 16.7 Å². The molecule has 2 rings (SSSR count). The molecule has 2 aromatic rings. The van der Waals surface area contributed by atoms with Gasteiger partial charge in [0.2, 0.25) is 0 Å². The van der Waals surface area contributed by atoms with E-state index >= 15 is 0 Å². The SMILES string of the molecule is O=C(NCc1ccc(S(=O)(=O)Cl)s1)c1ccccn1. The quantitative estimate of drug-likeness (QED) is 0.875. The van der Waals surface area contributed by atoms with Crippen LogP contribution in [0, 0.1) is 0 Å². The van der Waals surface area contributed by atoms with E-state index in [1.165, 1.54) is 12.3 Å². The summed E-state index contributed by atoms with van der Waals surface area (Å²) >= 11 is 1.02. The van der Waals surface area contributed by atoms with Crippen molar-refractivity contribution in [1.82, 2.24) is 10.3 Å². The molecular weight excluding hydrogens is 308 g/mol. The van der Waals surface area contributed by atoms with Crippen LogP contribution in [0.25, 0.3) is 0 Å². The third-order valence-electron chi connectivity index (χ3n) is 2.20. The molecule has 0 unspecified atom stereocenters. The molecule has 0 aliphatic heterocycles. The molecule has 0 radical (unpaired) electrons. The van der Waals surface area contributed by atoms with Gasteiger partial charge >= 0.3 is 0 Å². The summed E-state index contributed by atoms with van der Waals surface area (Å²) in [6.07, 6.45) is 1.53. The van der Waals surface area contributed by atoms with Gasteiger partial charge in [-0.1, -0.05) is 6.07 Å². The predicted octanol–water partition coefficient (Wildman–Crippen LogP) is 2.00. The largest absolute Gasteiger partial charge is 0.346 e. The number of thiophene rings is 1. The van der Waals surface area contributed by atoms with Crippen LogP contribution in [0.5, 0.6) is 0 Å². The lowest BCUT2D eigenvalue weighted by atomic mass is 10.3. The zero-order valence-electron chi connectivity index (χ0n) is 9.54. The number of amides is 1. The lowest BCUT2D eigenvalue weighted by Crippen LogP contribution is -2.23. The number of halogens is 1. The first-order chi connectivity index (χ1) is 8.97. The summed E-state index contributed by atoms with van der Waals surface area (Å²) in [5.74, 6) is -0.315. The summed E-state index contributed by atoms with van der Waals surface area (Å²) in [4.78, 5) is 16.3. The van der Waals surface area contributed by atoms with E-state index in [0.29, 0.717) is 10.6 Å². The average Bonchev–Trinajstić information content (AvgIpc) is 2.86. The summed E-state index contributed by atoms with van der Waals surface area (Å²) in [6, 6.07) is 8.05. The standard InChI is InChI=1S/C11H9ClN2O3S2/c12-19(16,17)10-5-4-8(18-10)7-14-11(15)9-3-1-2-6-13-9/h1-6H,7H2,(H,14,15). The minimum atomic E-state index is -3.71. The van der Waals surface area contributed by atoms with E-state index in [2.05, 4.69) is 10.3 Å². The average molecular weight is 317 g/mol. The molecule has 2 aromatic heterocycles. The highest BCUT2D eigenvalue weighted by atomic mass is 35.7. The minimum absolute atomic E-state index is 0.0660. The van der Waals surface area contributed by atoms with Crippen LogP contribution < -0.4 is 5.32 Å². The second kappa shape index (κ2) is 5.68. The summed E-state index contributed by atoms with van der Waals surface area (Å²) in [5.41, 5.74) is 0.309. The van der Waals surface area contributed by atoms with E-state index in [1.807, 2.05) is 0 Å². The molecule has 0 saturated carbocycles. The summed E-state index contributed by atoms with van der Waals surface area (Å²) in [6.45, 7) is 0.229. The molecule has 0 aromatic carbocycles. The molecular formula is C11H9ClN2O3S2. The molecule has 2 heterocycles. The molecule has 0 aliphatic carbocycles. The molecule has 0 bridgehead atoms. The Labute approximate surface area is 118 Å². The third-order valence-corrected chi connectivity index (χ3v) is 5.38. The Morgan fingerprint density at radius 3 is 2.68 bits per heavy atom. The maximum Gasteiger partial charge on any atom is 0.270 e. The Morgan fingerprint density at radius 1 is 1.32 bits per heavy atom. The molecule has 100 valence electrons. The van der Waals surface area contributed by atoms with Crippen LogP contribution in [0.2, 0.25) is 0 Å². The highest BCUT2D eigenvalue weighted by Gasteiger charge is 2.13. The van der Waals surface area contributed by atoms with Crippen molar-refractivity contribution in [3.05, 3.63) is 47.1 Å². The first-order valence-electron chi connectivity index (χ1n) is 5.19. The van der Waals surface area contributed by atoms with Crippen molar-refractivity contribution >= 4 is 37.0 Å². The lowest BCUT2D eigenvalue weighted by Gasteiger charge is -2.02. The number of aromatic nitrogens is 1. The van der Waals surface area contributed by atoms with Gasteiger partial charge in [0.1, 0.15) is 9.90 Å².